The first-order chi connectivity index (χ1) is 22.2. The highest BCUT2D eigenvalue weighted by Gasteiger charge is 2.29. The maximum Gasteiger partial charge on any atom is 0.336 e. The molecule has 0 saturated carbocycles. The lowest BCUT2D eigenvalue weighted by atomic mass is 9.89. The summed E-state index contributed by atoms with van der Waals surface area (Å²) in [7, 11) is 0. The average Bonchev–Trinajstić information content (AvgIpc) is 2.98. The van der Waals surface area contributed by atoms with Crippen molar-refractivity contribution in [1.29, 1.82) is 0 Å². The van der Waals surface area contributed by atoms with Crippen LogP contribution >= 0.6 is 23.2 Å². The lowest BCUT2D eigenvalue weighted by Crippen LogP contribution is -2.46. The highest BCUT2D eigenvalue weighted by Crippen LogP contribution is 2.44. The van der Waals surface area contributed by atoms with Crippen molar-refractivity contribution in [2.45, 2.75) is 25.3 Å². The number of hydrogen-bond acceptors (Lipinski definition) is 9. The van der Waals surface area contributed by atoms with Gasteiger partial charge in [-0.3, -0.25) is 28.9 Å². The van der Waals surface area contributed by atoms with E-state index in [2.05, 4.69) is 5.32 Å². The Labute approximate surface area is 274 Å². The molecule has 246 valence electrons. The van der Waals surface area contributed by atoms with Crippen molar-refractivity contribution in [3.05, 3.63) is 73.9 Å². The topological polar surface area (TPSA) is 232 Å². The molecule has 6 N–H and O–H groups in total. The van der Waals surface area contributed by atoms with E-state index in [0.717, 1.165) is 11.0 Å². The Hall–Kier alpha value is -5.18. The summed E-state index contributed by atoms with van der Waals surface area (Å²) >= 11 is 12.3. The summed E-state index contributed by atoms with van der Waals surface area (Å²) < 4.78 is 5.82. The van der Waals surface area contributed by atoms with Crippen molar-refractivity contribution in [2.24, 2.45) is 0 Å². The number of carbonyl (C=O) groups is 5. The fraction of sp³-hybridized carbons (Fsp3) is 0.226. The van der Waals surface area contributed by atoms with Gasteiger partial charge in [-0.2, -0.15) is 0 Å². The van der Waals surface area contributed by atoms with E-state index in [4.69, 9.17) is 37.8 Å². The van der Waals surface area contributed by atoms with E-state index >= 15 is 0 Å². The molecule has 1 aliphatic heterocycles. The van der Waals surface area contributed by atoms with Crippen LogP contribution in [0.2, 0.25) is 10.0 Å². The highest BCUT2D eigenvalue weighted by molar-refractivity contribution is 6.33. The van der Waals surface area contributed by atoms with Gasteiger partial charge in [0.05, 0.1) is 28.7 Å². The summed E-state index contributed by atoms with van der Waals surface area (Å²) in [6.45, 7) is -1.52. The Balaban J connectivity index is 1.62. The van der Waals surface area contributed by atoms with Crippen molar-refractivity contribution in [3.63, 3.8) is 0 Å². The average molecular weight is 689 g/mol. The smallest absolute Gasteiger partial charge is 0.336 e. The van der Waals surface area contributed by atoms with E-state index in [-0.39, 0.29) is 86.1 Å². The van der Waals surface area contributed by atoms with E-state index in [1.165, 1.54) is 36.4 Å². The molecule has 1 heterocycles. The second-order valence-electron chi connectivity index (χ2n) is 10.4. The second kappa shape index (κ2) is 14.5. The Kier molecular flexibility index (Phi) is 10.7. The lowest BCUT2D eigenvalue weighted by molar-refractivity contribution is -0.149. The first-order valence-corrected chi connectivity index (χ1v) is 14.6. The first kappa shape index (κ1) is 34.7. The number of carbonyl (C=O) groups excluding carboxylic acids is 1. The van der Waals surface area contributed by atoms with Gasteiger partial charge in [0.15, 0.2) is 0 Å². The maximum absolute atomic E-state index is 13.2. The Morgan fingerprint density at radius 2 is 1.53 bits per heavy atom. The Morgan fingerprint density at radius 1 is 0.851 bits per heavy atom. The zero-order valence-electron chi connectivity index (χ0n) is 24.2. The third-order valence-corrected chi connectivity index (χ3v) is 7.81. The predicted octanol–water partition coefficient (Wildman–Crippen LogP) is 4.10. The fourth-order valence-corrected chi connectivity index (χ4v) is 5.45. The number of halogens is 2. The van der Waals surface area contributed by atoms with Crippen molar-refractivity contribution >= 4 is 64.0 Å². The minimum absolute atomic E-state index is 0.0276. The van der Waals surface area contributed by atoms with Crippen LogP contribution in [0.5, 0.6) is 5.75 Å². The SMILES string of the molecule is O=C(O)CN(CC(=O)O)[C@@H](CCCCNC(=O)c1ccc(C(=O)O)c(-c2c3cc(Cl)c(=O)cc-3oc3cc(O)c(Cl)cc23)c1)C(=O)O. The number of aromatic carboxylic acids is 1. The predicted molar refractivity (Wildman–Crippen MR) is 168 cm³/mol. The Bertz CT molecular complexity index is 1920. The van der Waals surface area contributed by atoms with E-state index in [0.29, 0.717) is 0 Å². The number of phenols is 1. The van der Waals surface area contributed by atoms with Crippen LogP contribution in [0.25, 0.3) is 33.4 Å². The number of nitrogens with zero attached hydrogens (tertiary/aromatic N) is 1. The summed E-state index contributed by atoms with van der Waals surface area (Å²) in [4.78, 5) is 72.6. The van der Waals surface area contributed by atoms with Crippen LogP contribution in [0.4, 0.5) is 0 Å². The number of amides is 1. The van der Waals surface area contributed by atoms with Gasteiger partial charge in [-0.15, -0.1) is 0 Å². The highest BCUT2D eigenvalue weighted by atomic mass is 35.5. The number of carboxylic acid groups (broad SMARTS) is 4. The van der Waals surface area contributed by atoms with E-state index in [1.807, 2.05) is 0 Å². The van der Waals surface area contributed by atoms with Crippen molar-refractivity contribution < 1.29 is 53.9 Å². The van der Waals surface area contributed by atoms with Gasteiger partial charge in [0.1, 0.15) is 23.1 Å². The molecule has 0 bridgehead atoms. The van der Waals surface area contributed by atoms with Crippen LogP contribution in [-0.2, 0) is 14.4 Å². The van der Waals surface area contributed by atoms with Crippen LogP contribution in [0.3, 0.4) is 0 Å². The summed E-state index contributed by atoms with van der Waals surface area (Å²) in [5.74, 6) is -6.41. The molecular weight excluding hydrogens is 663 g/mol. The summed E-state index contributed by atoms with van der Waals surface area (Å²) in [6.07, 6.45) is 0.350. The molecule has 0 aromatic heterocycles. The molecule has 16 heteroatoms. The van der Waals surface area contributed by atoms with Gasteiger partial charge < -0.3 is 35.3 Å². The number of fused-ring (bicyclic) bond motifs is 2. The molecule has 47 heavy (non-hydrogen) atoms. The molecule has 1 amide bonds. The molecule has 14 nitrogen and oxygen atoms in total. The molecule has 4 rings (SSSR count). The standard InChI is InChI=1S/C31H26Cl2N2O12/c32-19-8-17-24(10-22(19)36)47-25-11-23(37)20(33)9-18(25)28(17)16-7-14(4-5-15(16)30(43)44)29(42)34-6-2-1-3-21(31(45)46)35(12-26(38)39)13-27(40)41/h4-5,7-11,21,36H,1-3,6,12-13H2,(H,34,42)(H,38,39)(H,40,41)(H,43,44)(H,45,46)/t21-/m0/s1. The monoisotopic (exact) mass is 688 g/mol. The number of hydrogen-bond donors (Lipinski definition) is 6. The van der Waals surface area contributed by atoms with Gasteiger partial charge in [0.25, 0.3) is 5.91 Å². The van der Waals surface area contributed by atoms with Crippen LogP contribution < -0.4 is 10.7 Å². The number of nitrogens with one attached hydrogen (secondary N) is 1. The molecule has 0 spiro atoms. The second-order valence-corrected chi connectivity index (χ2v) is 11.2. The molecule has 1 aliphatic carbocycles. The van der Waals surface area contributed by atoms with Crippen LogP contribution in [-0.4, -0.2) is 85.9 Å². The zero-order chi connectivity index (χ0) is 34.6. The van der Waals surface area contributed by atoms with Gasteiger partial charge in [-0.1, -0.05) is 23.2 Å². The minimum atomic E-state index is -1.39. The molecule has 2 aromatic rings. The van der Waals surface area contributed by atoms with Crippen LogP contribution in [0.15, 0.2) is 51.7 Å². The van der Waals surface area contributed by atoms with E-state index in [1.54, 1.807) is 0 Å². The van der Waals surface area contributed by atoms with E-state index in [9.17, 15) is 44.1 Å². The number of aliphatic carboxylic acids is 3. The quantitative estimate of drug-likeness (QED) is 0.0810. The van der Waals surface area contributed by atoms with Gasteiger partial charge in [-0.05, 0) is 55.2 Å². The zero-order valence-corrected chi connectivity index (χ0v) is 25.7. The summed E-state index contributed by atoms with van der Waals surface area (Å²) in [6, 6.07) is 7.41. The number of rotatable bonds is 14. The van der Waals surface area contributed by atoms with Gasteiger partial charge >= 0.3 is 23.9 Å². The van der Waals surface area contributed by atoms with Crippen molar-refractivity contribution in [1.82, 2.24) is 10.2 Å². The lowest BCUT2D eigenvalue weighted by Gasteiger charge is -2.25. The molecule has 0 saturated heterocycles. The van der Waals surface area contributed by atoms with E-state index < -0.39 is 54.3 Å². The molecule has 1 atom stereocenters. The van der Waals surface area contributed by atoms with Crippen molar-refractivity contribution in [2.75, 3.05) is 19.6 Å². The van der Waals surface area contributed by atoms with Crippen molar-refractivity contribution in [3.8, 4) is 28.2 Å². The molecular formula is C31H26Cl2N2O12. The third kappa shape index (κ3) is 7.98. The fourth-order valence-electron chi connectivity index (χ4n) is 5.12. The molecule has 0 unspecified atom stereocenters. The normalized spacial score (nSPS) is 11.9. The maximum atomic E-state index is 13.2. The number of benzene rings is 3. The van der Waals surface area contributed by atoms with Crippen LogP contribution in [0, 0.1) is 0 Å². The largest absolute Gasteiger partial charge is 0.506 e. The van der Waals surface area contributed by atoms with Gasteiger partial charge in [-0.25, -0.2) is 4.79 Å². The number of phenolic OH excluding ortho intramolecular Hbond substituents is 1. The minimum Gasteiger partial charge on any atom is -0.506 e. The third-order valence-electron chi connectivity index (χ3n) is 7.22. The molecule has 0 fully saturated rings. The molecule has 0 radical (unpaired) electrons. The van der Waals surface area contributed by atoms with Crippen LogP contribution in [0.1, 0.15) is 40.0 Å². The summed E-state index contributed by atoms with van der Waals surface area (Å²) in [5, 5.41) is 50.5. The molecule has 2 aromatic carbocycles. The summed E-state index contributed by atoms with van der Waals surface area (Å²) in [5.41, 5.74) is -0.180. The number of unbranched alkanes of at least 4 members (excludes halogenated alkanes) is 1. The van der Waals surface area contributed by atoms with Gasteiger partial charge in [0.2, 0.25) is 5.43 Å². The number of aromatic hydroxyl groups is 1. The van der Waals surface area contributed by atoms with Gasteiger partial charge in [0, 0.05) is 40.8 Å². The molecule has 2 aliphatic rings. The first-order valence-electron chi connectivity index (χ1n) is 13.8. The Morgan fingerprint density at radius 3 is 2.15 bits per heavy atom. The number of carboxylic acids is 4.